The number of hydrogen-bond donors (Lipinski definition) is 2. The van der Waals surface area contributed by atoms with Crippen molar-refractivity contribution in [2.24, 2.45) is 0 Å². The first-order valence-electron chi connectivity index (χ1n) is 9.59. The predicted octanol–water partition coefficient (Wildman–Crippen LogP) is 3.31. The molecule has 1 atom stereocenters. The van der Waals surface area contributed by atoms with E-state index in [2.05, 4.69) is 57.3 Å². The van der Waals surface area contributed by atoms with Gasteiger partial charge in [-0.25, -0.2) is 0 Å². The Hall–Kier alpha value is -3.12. The summed E-state index contributed by atoms with van der Waals surface area (Å²) in [6, 6.07) is 20.0. The highest BCUT2D eigenvalue weighted by atomic mass is 16.3. The fourth-order valence-corrected chi connectivity index (χ4v) is 3.76. The molecule has 0 unspecified atom stereocenters. The second-order valence-electron chi connectivity index (χ2n) is 7.13. The summed E-state index contributed by atoms with van der Waals surface area (Å²) in [4.78, 5) is 4.74. The third-order valence-corrected chi connectivity index (χ3v) is 5.47. The van der Waals surface area contributed by atoms with Gasteiger partial charge in [0.05, 0.1) is 11.4 Å². The van der Waals surface area contributed by atoms with Crippen LogP contribution in [0.25, 0.3) is 11.3 Å². The van der Waals surface area contributed by atoms with Gasteiger partial charge in [-0.3, -0.25) is 4.90 Å². The van der Waals surface area contributed by atoms with Crippen molar-refractivity contribution in [2.45, 2.75) is 13.0 Å². The minimum Gasteiger partial charge on any atom is -0.507 e. The Labute approximate surface area is 165 Å². The molecule has 2 aromatic carbocycles. The van der Waals surface area contributed by atoms with Crippen molar-refractivity contribution >= 4 is 11.5 Å². The molecule has 1 aromatic heterocycles. The molecule has 3 aromatic rings. The number of nitrogens with two attached hydrogens (primary N) is 1. The monoisotopic (exact) mass is 375 g/mol. The van der Waals surface area contributed by atoms with Gasteiger partial charge in [0.2, 0.25) is 0 Å². The lowest BCUT2D eigenvalue weighted by Gasteiger charge is -2.39. The number of nitrogen functional groups attached to an aromatic ring is 1. The quantitative estimate of drug-likeness (QED) is 0.728. The largest absolute Gasteiger partial charge is 0.507 e. The predicted molar refractivity (Wildman–Crippen MR) is 112 cm³/mol. The Morgan fingerprint density at radius 3 is 2.32 bits per heavy atom. The maximum Gasteiger partial charge on any atom is 0.169 e. The molecule has 2 heterocycles. The van der Waals surface area contributed by atoms with Crippen molar-refractivity contribution in [3.05, 3.63) is 66.2 Å². The third-order valence-electron chi connectivity index (χ3n) is 5.47. The molecule has 0 radical (unpaired) electrons. The number of para-hydroxylation sites is 1. The van der Waals surface area contributed by atoms with Gasteiger partial charge in [0, 0.05) is 37.8 Å². The third kappa shape index (κ3) is 3.64. The van der Waals surface area contributed by atoms with Crippen LogP contribution in [0, 0.1) is 0 Å². The Balaban J connectivity index is 1.50. The second-order valence-corrected chi connectivity index (χ2v) is 7.13. The van der Waals surface area contributed by atoms with Crippen LogP contribution in [0.3, 0.4) is 0 Å². The van der Waals surface area contributed by atoms with E-state index in [1.165, 1.54) is 5.56 Å². The van der Waals surface area contributed by atoms with Crippen LogP contribution >= 0.6 is 0 Å². The smallest absolute Gasteiger partial charge is 0.169 e. The SMILES string of the molecule is C[C@H](c1ccccc1)N1CCN(c2cc(-c3ccccc3O)nnc2N)CC1. The standard InChI is InChI=1S/C22H25N5O/c1-16(17-7-3-2-4-8-17)26-11-13-27(14-12-26)20-15-19(24-25-22(20)23)18-9-5-6-10-21(18)28/h2-10,15-16,28H,11-14H2,1H3,(H2,23,25)/t16-/m1/s1. The van der Waals surface area contributed by atoms with Crippen LogP contribution in [0.4, 0.5) is 11.5 Å². The fraction of sp³-hybridized carbons (Fsp3) is 0.273. The Morgan fingerprint density at radius 2 is 1.61 bits per heavy atom. The van der Waals surface area contributed by atoms with E-state index in [9.17, 15) is 5.11 Å². The van der Waals surface area contributed by atoms with Crippen molar-refractivity contribution in [3.8, 4) is 17.0 Å². The normalized spacial score (nSPS) is 16.1. The van der Waals surface area contributed by atoms with E-state index in [1.807, 2.05) is 18.2 Å². The number of aromatic nitrogens is 2. The first-order chi connectivity index (χ1) is 13.6. The molecular weight excluding hydrogens is 350 g/mol. The summed E-state index contributed by atoms with van der Waals surface area (Å²) in [5.74, 6) is 0.609. The lowest BCUT2D eigenvalue weighted by molar-refractivity contribution is 0.198. The molecule has 0 saturated carbocycles. The Morgan fingerprint density at radius 1 is 0.929 bits per heavy atom. The highest BCUT2D eigenvalue weighted by Crippen LogP contribution is 2.32. The van der Waals surface area contributed by atoms with E-state index >= 15 is 0 Å². The van der Waals surface area contributed by atoms with E-state index in [1.54, 1.807) is 12.1 Å². The van der Waals surface area contributed by atoms with Gasteiger partial charge in [0.1, 0.15) is 5.75 Å². The minimum atomic E-state index is 0.189. The summed E-state index contributed by atoms with van der Waals surface area (Å²) in [5.41, 5.74) is 9.63. The maximum atomic E-state index is 10.1. The van der Waals surface area contributed by atoms with Crippen molar-refractivity contribution in [1.82, 2.24) is 15.1 Å². The number of aromatic hydroxyl groups is 1. The molecule has 0 spiro atoms. The number of rotatable bonds is 4. The second kappa shape index (κ2) is 7.86. The zero-order valence-electron chi connectivity index (χ0n) is 16.0. The number of anilines is 2. The average Bonchev–Trinajstić information content (AvgIpc) is 2.75. The van der Waals surface area contributed by atoms with Crippen molar-refractivity contribution < 1.29 is 5.11 Å². The molecule has 0 amide bonds. The molecule has 6 nitrogen and oxygen atoms in total. The van der Waals surface area contributed by atoms with Crippen molar-refractivity contribution in [1.29, 1.82) is 0 Å². The topological polar surface area (TPSA) is 78.5 Å². The maximum absolute atomic E-state index is 10.1. The summed E-state index contributed by atoms with van der Waals surface area (Å²) in [7, 11) is 0. The van der Waals surface area contributed by atoms with Gasteiger partial charge in [-0.15, -0.1) is 10.2 Å². The van der Waals surface area contributed by atoms with Crippen LogP contribution in [-0.4, -0.2) is 46.4 Å². The molecule has 1 fully saturated rings. The van der Waals surface area contributed by atoms with Gasteiger partial charge in [-0.2, -0.15) is 0 Å². The molecule has 144 valence electrons. The van der Waals surface area contributed by atoms with Crippen LogP contribution in [-0.2, 0) is 0 Å². The molecule has 3 N–H and O–H groups in total. The molecule has 6 heteroatoms. The van der Waals surface area contributed by atoms with Crippen molar-refractivity contribution in [3.63, 3.8) is 0 Å². The van der Waals surface area contributed by atoms with Crippen LogP contribution in [0.2, 0.25) is 0 Å². The summed E-state index contributed by atoms with van der Waals surface area (Å²) in [5, 5.41) is 18.4. The number of phenols is 1. The summed E-state index contributed by atoms with van der Waals surface area (Å²) >= 11 is 0. The first kappa shape index (κ1) is 18.3. The van der Waals surface area contributed by atoms with Crippen LogP contribution in [0.5, 0.6) is 5.75 Å². The Bertz CT molecular complexity index is 939. The number of nitrogens with zero attached hydrogens (tertiary/aromatic N) is 4. The summed E-state index contributed by atoms with van der Waals surface area (Å²) in [6.07, 6.45) is 0. The van der Waals surface area contributed by atoms with Crippen LogP contribution in [0.1, 0.15) is 18.5 Å². The number of benzene rings is 2. The zero-order valence-corrected chi connectivity index (χ0v) is 16.0. The van der Waals surface area contributed by atoms with E-state index in [-0.39, 0.29) is 5.75 Å². The van der Waals surface area contributed by atoms with Gasteiger partial charge in [0.25, 0.3) is 0 Å². The highest BCUT2D eigenvalue weighted by Gasteiger charge is 2.24. The minimum absolute atomic E-state index is 0.189. The van der Waals surface area contributed by atoms with Crippen LogP contribution in [0.15, 0.2) is 60.7 Å². The molecule has 28 heavy (non-hydrogen) atoms. The molecule has 4 rings (SSSR count). The molecular formula is C22H25N5O. The van der Waals surface area contributed by atoms with E-state index in [0.717, 1.165) is 31.9 Å². The fourth-order valence-electron chi connectivity index (χ4n) is 3.76. The van der Waals surface area contributed by atoms with Crippen LogP contribution < -0.4 is 10.6 Å². The number of hydrogen-bond acceptors (Lipinski definition) is 6. The molecule has 0 aliphatic carbocycles. The molecule has 1 aliphatic rings. The number of phenolic OH excluding ortho intramolecular Hbond substituents is 1. The highest BCUT2D eigenvalue weighted by molar-refractivity contribution is 5.74. The lowest BCUT2D eigenvalue weighted by atomic mass is 10.1. The van der Waals surface area contributed by atoms with Gasteiger partial charge in [-0.1, -0.05) is 42.5 Å². The van der Waals surface area contributed by atoms with E-state index < -0.39 is 0 Å². The summed E-state index contributed by atoms with van der Waals surface area (Å²) < 4.78 is 0. The van der Waals surface area contributed by atoms with Gasteiger partial charge in [-0.05, 0) is 30.7 Å². The Kier molecular flexibility index (Phi) is 5.12. The average molecular weight is 375 g/mol. The van der Waals surface area contributed by atoms with Gasteiger partial charge in [0.15, 0.2) is 5.82 Å². The molecule has 1 aliphatic heterocycles. The molecule has 0 bridgehead atoms. The summed E-state index contributed by atoms with van der Waals surface area (Å²) in [6.45, 7) is 5.89. The lowest BCUT2D eigenvalue weighted by Crippen LogP contribution is -2.47. The first-order valence-corrected chi connectivity index (χ1v) is 9.59. The van der Waals surface area contributed by atoms with Crippen molar-refractivity contribution in [2.75, 3.05) is 36.8 Å². The zero-order chi connectivity index (χ0) is 19.5. The van der Waals surface area contributed by atoms with Gasteiger partial charge >= 0.3 is 0 Å². The van der Waals surface area contributed by atoms with E-state index in [0.29, 0.717) is 23.1 Å². The van der Waals surface area contributed by atoms with Gasteiger partial charge < -0.3 is 15.7 Å². The van der Waals surface area contributed by atoms with E-state index in [4.69, 9.17) is 5.73 Å². The molecule has 1 saturated heterocycles. The number of piperazine rings is 1.